The molecule has 0 saturated carbocycles. The van der Waals surface area contributed by atoms with Gasteiger partial charge in [-0.15, -0.1) is 0 Å². The van der Waals surface area contributed by atoms with Crippen LogP contribution >= 0.6 is 0 Å². The summed E-state index contributed by atoms with van der Waals surface area (Å²) in [6, 6.07) is 25.6. The predicted octanol–water partition coefficient (Wildman–Crippen LogP) is 5.67. The van der Waals surface area contributed by atoms with Crippen molar-refractivity contribution in [2.24, 2.45) is 5.92 Å². The fraction of sp³-hybridized carbons (Fsp3) is 0.194. The van der Waals surface area contributed by atoms with Crippen molar-refractivity contribution in [1.82, 2.24) is 0 Å². The van der Waals surface area contributed by atoms with Crippen LogP contribution < -0.4 is 24.4 Å². The van der Waals surface area contributed by atoms with E-state index in [1.54, 1.807) is 49.6 Å². The van der Waals surface area contributed by atoms with Crippen LogP contribution in [0.3, 0.4) is 0 Å². The van der Waals surface area contributed by atoms with Crippen molar-refractivity contribution < 1.29 is 28.6 Å². The Morgan fingerprint density at radius 1 is 0.886 bits per heavy atom. The number of methoxy groups -OCH3 is 1. The smallest absolute Gasteiger partial charge is 0.238 e. The van der Waals surface area contributed by atoms with Crippen LogP contribution in [-0.4, -0.2) is 43.5 Å². The maximum absolute atomic E-state index is 15.1. The third kappa shape index (κ3) is 3.48. The van der Waals surface area contributed by atoms with Crippen molar-refractivity contribution in [1.29, 1.82) is 0 Å². The Bertz CT molecular complexity index is 1910. The number of ether oxygens (including phenoxy) is 3. The molecule has 8 nitrogen and oxygen atoms in total. The molecule has 1 amide bonds. The largest absolute Gasteiger partial charge is 0.497 e. The second-order valence-corrected chi connectivity index (χ2v) is 11.5. The van der Waals surface area contributed by atoms with Crippen molar-refractivity contribution >= 4 is 34.4 Å². The fourth-order valence-electron chi connectivity index (χ4n) is 7.54. The standard InChI is InChI=1S/C36H28N2O6/c1-20-17-30-36(25-8-4-5-9-26(25)37-35(36)41)31(33(39)22-13-16-28-29(18-22)44-19-43-28)32(38(30)27-10-6-3-7-24(20)27)34(40)21-11-14-23(42-2)15-12-21/h3-18,30-32H,19H2,1-2H3,(H,37,41)/t30-,31-,32+,36+/m1/s1. The van der Waals surface area contributed by atoms with Crippen molar-refractivity contribution in [3.05, 3.63) is 119 Å². The predicted molar refractivity (Wildman–Crippen MR) is 165 cm³/mol. The van der Waals surface area contributed by atoms with E-state index in [1.165, 1.54) is 0 Å². The molecule has 0 unspecified atom stereocenters. The van der Waals surface area contributed by atoms with Gasteiger partial charge in [0, 0.05) is 28.1 Å². The molecule has 4 aromatic rings. The van der Waals surface area contributed by atoms with Gasteiger partial charge in [-0.2, -0.15) is 0 Å². The van der Waals surface area contributed by atoms with Gasteiger partial charge in [-0.1, -0.05) is 42.5 Å². The number of allylic oxidation sites excluding steroid dienone is 1. The third-order valence-corrected chi connectivity index (χ3v) is 9.47. The Kier molecular flexibility index (Phi) is 5.71. The highest BCUT2D eigenvalue weighted by Gasteiger charge is 2.70. The lowest BCUT2D eigenvalue weighted by Crippen LogP contribution is -2.51. The second-order valence-electron chi connectivity index (χ2n) is 11.5. The zero-order valence-corrected chi connectivity index (χ0v) is 24.1. The first-order valence-electron chi connectivity index (χ1n) is 14.5. The van der Waals surface area contributed by atoms with Crippen LogP contribution in [0.4, 0.5) is 11.4 Å². The van der Waals surface area contributed by atoms with Gasteiger partial charge < -0.3 is 24.4 Å². The molecule has 0 aromatic heterocycles. The van der Waals surface area contributed by atoms with E-state index in [0.717, 1.165) is 16.8 Å². The van der Waals surface area contributed by atoms with Gasteiger partial charge >= 0.3 is 0 Å². The molecule has 1 N–H and O–H groups in total. The number of anilines is 2. The Morgan fingerprint density at radius 2 is 1.61 bits per heavy atom. The average Bonchev–Trinajstić information content (AvgIpc) is 3.73. The molecular formula is C36H28N2O6. The minimum Gasteiger partial charge on any atom is -0.497 e. The summed E-state index contributed by atoms with van der Waals surface area (Å²) in [6.45, 7) is 2.07. The van der Waals surface area contributed by atoms with Gasteiger partial charge in [0.15, 0.2) is 23.1 Å². The molecule has 4 heterocycles. The number of carbonyl (C=O) groups is 3. The third-order valence-electron chi connectivity index (χ3n) is 9.47. The minimum absolute atomic E-state index is 0.0609. The maximum Gasteiger partial charge on any atom is 0.238 e. The van der Waals surface area contributed by atoms with Crippen molar-refractivity contribution in [3.63, 3.8) is 0 Å². The first kappa shape index (κ1) is 26.3. The number of benzene rings is 4. The number of nitrogens with one attached hydrogen (secondary N) is 1. The highest BCUT2D eigenvalue weighted by molar-refractivity contribution is 6.18. The number of amides is 1. The lowest BCUT2D eigenvalue weighted by molar-refractivity contribution is -0.121. The lowest BCUT2D eigenvalue weighted by Gasteiger charge is -2.39. The second kappa shape index (κ2) is 9.57. The molecule has 218 valence electrons. The molecule has 4 aliphatic rings. The number of ketones is 2. The van der Waals surface area contributed by atoms with Crippen LogP contribution in [-0.2, 0) is 10.2 Å². The van der Waals surface area contributed by atoms with E-state index in [0.29, 0.717) is 39.6 Å². The summed E-state index contributed by atoms with van der Waals surface area (Å²) in [5.74, 6) is -0.351. The van der Waals surface area contributed by atoms with Gasteiger partial charge in [-0.05, 0) is 72.7 Å². The summed E-state index contributed by atoms with van der Waals surface area (Å²) in [5.41, 5.74) is 3.45. The first-order valence-corrected chi connectivity index (χ1v) is 14.5. The van der Waals surface area contributed by atoms with Crippen LogP contribution in [0.5, 0.6) is 17.2 Å². The van der Waals surface area contributed by atoms with Crippen LogP contribution in [0.2, 0.25) is 0 Å². The van der Waals surface area contributed by atoms with Gasteiger partial charge in [-0.3, -0.25) is 14.4 Å². The van der Waals surface area contributed by atoms with Gasteiger partial charge in [0.05, 0.1) is 19.1 Å². The van der Waals surface area contributed by atoms with Crippen LogP contribution in [0.15, 0.2) is 97.1 Å². The van der Waals surface area contributed by atoms with E-state index in [9.17, 15) is 9.59 Å². The summed E-state index contributed by atoms with van der Waals surface area (Å²) in [4.78, 5) is 46.5. The van der Waals surface area contributed by atoms with Crippen molar-refractivity contribution in [3.8, 4) is 17.2 Å². The highest BCUT2D eigenvalue weighted by Crippen LogP contribution is 2.59. The Balaban J connectivity index is 1.41. The highest BCUT2D eigenvalue weighted by atomic mass is 16.7. The zero-order chi connectivity index (χ0) is 30.2. The molecule has 44 heavy (non-hydrogen) atoms. The van der Waals surface area contributed by atoms with Gasteiger partial charge in [0.1, 0.15) is 17.2 Å². The summed E-state index contributed by atoms with van der Waals surface area (Å²) < 4.78 is 16.5. The van der Waals surface area contributed by atoms with E-state index < -0.39 is 23.4 Å². The molecular weight excluding hydrogens is 556 g/mol. The number of carbonyl (C=O) groups excluding carboxylic acids is 3. The Labute approximate surface area is 253 Å². The molecule has 4 aromatic carbocycles. The first-order chi connectivity index (χ1) is 21.4. The van der Waals surface area contributed by atoms with Crippen molar-refractivity contribution in [2.45, 2.75) is 24.4 Å². The molecule has 8 rings (SSSR count). The summed E-state index contributed by atoms with van der Waals surface area (Å²) in [5, 5.41) is 3.07. The average molecular weight is 585 g/mol. The monoisotopic (exact) mass is 584 g/mol. The molecule has 0 radical (unpaired) electrons. The molecule has 1 spiro atoms. The molecule has 1 fully saturated rings. The number of hydrogen-bond donors (Lipinski definition) is 1. The van der Waals surface area contributed by atoms with Gasteiger partial charge in [0.2, 0.25) is 12.7 Å². The summed E-state index contributed by atoms with van der Waals surface area (Å²) in [7, 11) is 1.57. The molecule has 0 aliphatic carbocycles. The SMILES string of the molecule is COc1ccc(C(=O)[C@@H]2[C@H](C(=O)c3ccc4c(c3)OCO4)[C@@]3(C(=O)Nc4ccccc43)[C@H]3C=C(C)c4ccccc4N23)cc1. The van der Waals surface area contributed by atoms with Gasteiger partial charge in [0.25, 0.3) is 0 Å². The van der Waals surface area contributed by atoms with E-state index in [1.807, 2.05) is 66.4 Å². The fourth-order valence-corrected chi connectivity index (χ4v) is 7.54. The van der Waals surface area contributed by atoms with Crippen LogP contribution in [0.25, 0.3) is 5.57 Å². The van der Waals surface area contributed by atoms with E-state index in [4.69, 9.17) is 14.2 Å². The molecule has 0 bridgehead atoms. The van der Waals surface area contributed by atoms with Crippen LogP contribution in [0, 0.1) is 5.92 Å². The number of nitrogens with zero attached hydrogens (tertiary/aromatic N) is 1. The summed E-state index contributed by atoms with van der Waals surface area (Å²) >= 11 is 0. The number of hydrogen-bond acceptors (Lipinski definition) is 7. The van der Waals surface area contributed by atoms with Gasteiger partial charge in [-0.25, -0.2) is 0 Å². The minimum atomic E-state index is -1.40. The molecule has 4 atom stereocenters. The van der Waals surface area contributed by atoms with E-state index in [-0.39, 0.29) is 24.3 Å². The number of Topliss-reactive ketones (excluding diaryl/α,β-unsaturated/α-hetero) is 2. The van der Waals surface area contributed by atoms with E-state index >= 15 is 4.79 Å². The normalized spacial score (nSPS) is 23.9. The van der Waals surface area contributed by atoms with Crippen molar-refractivity contribution in [2.75, 3.05) is 24.1 Å². The quantitative estimate of drug-likeness (QED) is 0.302. The Hall–Kier alpha value is -5.37. The zero-order valence-electron chi connectivity index (χ0n) is 24.1. The number of para-hydroxylation sites is 2. The number of fused-ring (bicyclic) bond motifs is 7. The van der Waals surface area contributed by atoms with E-state index in [2.05, 4.69) is 5.32 Å². The molecule has 8 heteroatoms. The van der Waals surface area contributed by atoms with Crippen LogP contribution in [0.1, 0.15) is 38.8 Å². The molecule has 4 aliphatic heterocycles. The Morgan fingerprint density at radius 3 is 2.43 bits per heavy atom. The number of rotatable bonds is 5. The summed E-state index contributed by atoms with van der Waals surface area (Å²) in [6.07, 6.45) is 2.05. The molecule has 1 saturated heterocycles. The maximum atomic E-state index is 15.1. The lowest BCUT2D eigenvalue weighted by atomic mass is 9.64. The topological polar surface area (TPSA) is 94.2 Å².